The number of unbranched alkanes of at least 4 members (excludes halogenated alkanes) is 17. The zero-order valence-corrected chi connectivity index (χ0v) is 18.3. The number of hydrogen-bond acceptors (Lipinski definition) is 0. The van der Waals surface area contributed by atoms with Crippen molar-refractivity contribution in [1.82, 2.24) is 0 Å². The maximum absolute atomic E-state index is 5.26. The molecular formula is C27H47. The summed E-state index contributed by atoms with van der Waals surface area (Å²) in [7, 11) is 0. The van der Waals surface area contributed by atoms with Crippen LogP contribution in [0.2, 0.25) is 0 Å². The standard InChI is InChI=1S/C27H47/c1-3-5-7-9-11-13-15-17-19-21-23-25-27-26-24-22-20-18-16-14-12-10-8-6-4-2/h1,3,5,7,9,11,13,15H,4,6,8,10,12,14,16-27H2,2H3. The van der Waals surface area contributed by atoms with Crippen molar-refractivity contribution in [2.24, 2.45) is 0 Å². The van der Waals surface area contributed by atoms with Gasteiger partial charge in [-0.15, -0.1) is 0 Å². The van der Waals surface area contributed by atoms with Gasteiger partial charge in [-0.05, 0) is 12.8 Å². The molecule has 0 saturated heterocycles. The molecule has 0 saturated carbocycles. The highest BCUT2D eigenvalue weighted by molar-refractivity contribution is 5.13. The Bertz CT molecular complexity index is 358. The molecule has 0 heteroatoms. The smallest absolute Gasteiger partial charge is 0.0348 e. The fourth-order valence-electron chi connectivity index (χ4n) is 3.42. The average Bonchev–Trinajstić information content (AvgIpc) is 2.68. The second-order valence-electron chi connectivity index (χ2n) is 7.84. The monoisotopic (exact) mass is 371 g/mol. The summed E-state index contributed by atoms with van der Waals surface area (Å²) in [5, 5.41) is 0. The summed E-state index contributed by atoms with van der Waals surface area (Å²) in [6.07, 6.45) is 39.4. The summed E-state index contributed by atoms with van der Waals surface area (Å²) in [4.78, 5) is 0. The van der Waals surface area contributed by atoms with Crippen LogP contribution in [0.15, 0.2) is 42.5 Å². The lowest BCUT2D eigenvalue weighted by Crippen LogP contribution is -1.83. The molecule has 0 N–H and O–H groups in total. The van der Waals surface area contributed by atoms with Gasteiger partial charge in [0.2, 0.25) is 0 Å². The molecule has 0 spiro atoms. The van der Waals surface area contributed by atoms with Gasteiger partial charge in [-0.1, -0.05) is 159 Å². The Balaban J connectivity index is 3.10. The van der Waals surface area contributed by atoms with E-state index in [1.807, 2.05) is 18.2 Å². The van der Waals surface area contributed by atoms with Crippen molar-refractivity contribution in [3.8, 4) is 0 Å². The van der Waals surface area contributed by atoms with Gasteiger partial charge < -0.3 is 0 Å². The van der Waals surface area contributed by atoms with Gasteiger partial charge in [0.1, 0.15) is 0 Å². The van der Waals surface area contributed by atoms with E-state index in [4.69, 9.17) is 6.58 Å². The Kier molecular flexibility index (Phi) is 24.0. The molecule has 0 heterocycles. The van der Waals surface area contributed by atoms with E-state index in [2.05, 4.69) is 25.2 Å². The summed E-state index contributed by atoms with van der Waals surface area (Å²) < 4.78 is 0. The predicted molar refractivity (Wildman–Crippen MR) is 125 cm³/mol. The van der Waals surface area contributed by atoms with E-state index in [-0.39, 0.29) is 0 Å². The minimum atomic E-state index is 1.20. The van der Waals surface area contributed by atoms with Gasteiger partial charge in [-0.25, -0.2) is 0 Å². The average molecular weight is 372 g/mol. The Morgan fingerprint density at radius 3 is 1.26 bits per heavy atom. The second kappa shape index (κ2) is 25.0. The van der Waals surface area contributed by atoms with Crippen LogP contribution in [0.4, 0.5) is 0 Å². The predicted octanol–water partition coefficient (Wildman–Crippen LogP) is 9.69. The van der Waals surface area contributed by atoms with E-state index in [0.717, 1.165) is 0 Å². The van der Waals surface area contributed by atoms with Crippen molar-refractivity contribution in [3.05, 3.63) is 49.1 Å². The molecule has 0 aliphatic rings. The van der Waals surface area contributed by atoms with Gasteiger partial charge in [0.05, 0.1) is 0 Å². The minimum Gasteiger partial charge on any atom is -0.0845 e. The molecule has 0 rings (SSSR count). The van der Waals surface area contributed by atoms with E-state index >= 15 is 0 Å². The van der Waals surface area contributed by atoms with E-state index < -0.39 is 0 Å². The molecule has 0 aliphatic carbocycles. The van der Waals surface area contributed by atoms with Crippen LogP contribution in [-0.4, -0.2) is 0 Å². The molecule has 0 atom stereocenters. The van der Waals surface area contributed by atoms with Crippen LogP contribution in [0.3, 0.4) is 0 Å². The quantitative estimate of drug-likeness (QED) is 0.139. The number of rotatable bonds is 21. The Hall–Kier alpha value is -1.04. The zero-order chi connectivity index (χ0) is 19.7. The van der Waals surface area contributed by atoms with Gasteiger partial charge >= 0.3 is 0 Å². The largest absolute Gasteiger partial charge is 0.0845 e. The van der Waals surface area contributed by atoms with Crippen molar-refractivity contribution in [2.45, 2.75) is 122 Å². The van der Waals surface area contributed by atoms with Crippen molar-refractivity contribution in [3.63, 3.8) is 0 Å². The molecule has 0 fully saturated rings. The topological polar surface area (TPSA) is 0 Å². The van der Waals surface area contributed by atoms with E-state index in [1.165, 1.54) is 116 Å². The molecule has 0 bridgehead atoms. The molecule has 0 aromatic rings. The van der Waals surface area contributed by atoms with Crippen LogP contribution < -0.4 is 0 Å². The Morgan fingerprint density at radius 1 is 0.444 bits per heavy atom. The van der Waals surface area contributed by atoms with Crippen LogP contribution in [0, 0.1) is 6.58 Å². The molecule has 0 aromatic carbocycles. The van der Waals surface area contributed by atoms with E-state index in [0.29, 0.717) is 0 Å². The third-order valence-corrected chi connectivity index (χ3v) is 5.17. The summed E-state index contributed by atoms with van der Waals surface area (Å²) >= 11 is 0. The SMILES string of the molecule is [CH]=CC=CC=CC=CCCCCCCCCCCCCCCCCCCC. The first kappa shape index (κ1) is 26.0. The summed E-state index contributed by atoms with van der Waals surface area (Å²) in [6, 6.07) is 0. The van der Waals surface area contributed by atoms with Crippen molar-refractivity contribution in [1.29, 1.82) is 0 Å². The van der Waals surface area contributed by atoms with Crippen molar-refractivity contribution < 1.29 is 0 Å². The van der Waals surface area contributed by atoms with Crippen LogP contribution >= 0.6 is 0 Å². The van der Waals surface area contributed by atoms with Crippen molar-refractivity contribution >= 4 is 0 Å². The number of allylic oxidation sites excluding steroid dienone is 7. The molecule has 0 amide bonds. The van der Waals surface area contributed by atoms with Gasteiger partial charge in [-0.3, -0.25) is 0 Å². The summed E-state index contributed by atoms with van der Waals surface area (Å²) in [6.45, 7) is 7.55. The molecule has 0 aliphatic heterocycles. The first-order valence-corrected chi connectivity index (χ1v) is 11.9. The third kappa shape index (κ3) is 25.0. The molecule has 1 radical (unpaired) electrons. The fraction of sp³-hybridized carbons (Fsp3) is 0.704. The molecule has 0 nitrogen and oxygen atoms in total. The molecule has 27 heavy (non-hydrogen) atoms. The van der Waals surface area contributed by atoms with Crippen LogP contribution in [0.25, 0.3) is 0 Å². The molecular weight excluding hydrogens is 324 g/mol. The van der Waals surface area contributed by atoms with Crippen LogP contribution in [0.1, 0.15) is 122 Å². The highest BCUT2D eigenvalue weighted by Gasteiger charge is 1.94. The normalized spacial score (nSPS) is 12.0. The van der Waals surface area contributed by atoms with Gasteiger partial charge in [0, 0.05) is 0 Å². The maximum Gasteiger partial charge on any atom is -0.0348 e. The third-order valence-electron chi connectivity index (χ3n) is 5.17. The zero-order valence-electron chi connectivity index (χ0n) is 18.3. The highest BCUT2D eigenvalue weighted by atomic mass is 14.0. The van der Waals surface area contributed by atoms with Crippen molar-refractivity contribution in [2.75, 3.05) is 0 Å². The van der Waals surface area contributed by atoms with Gasteiger partial charge in [0.25, 0.3) is 0 Å². The van der Waals surface area contributed by atoms with Crippen LogP contribution in [-0.2, 0) is 0 Å². The van der Waals surface area contributed by atoms with E-state index in [9.17, 15) is 0 Å². The Labute approximate surface area is 171 Å². The lowest BCUT2D eigenvalue weighted by atomic mass is 10.0. The van der Waals surface area contributed by atoms with E-state index in [1.54, 1.807) is 6.08 Å². The highest BCUT2D eigenvalue weighted by Crippen LogP contribution is 2.14. The maximum atomic E-state index is 5.26. The number of hydrogen-bond donors (Lipinski definition) is 0. The lowest BCUT2D eigenvalue weighted by Gasteiger charge is -2.03. The Morgan fingerprint density at radius 2 is 0.815 bits per heavy atom. The minimum absolute atomic E-state index is 1.20. The second-order valence-corrected chi connectivity index (χ2v) is 7.84. The van der Waals surface area contributed by atoms with Gasteiger partial charge in [-0.2, -0.15) is 0 Å². The summed E-state index contributed by atoms with van der Waals surface area (Å²) in [5.41, 5.74) is 0. The molecule has 0 unspecified atom stereocenters. The molecule has 0 aromatic heterocycles. The first-order valence-electron chi connectivity index (χ1n) is 11.9. The first-order chi connectivity index (χ1) is 13.4. The lowest BCUT2D eigenvalue weighted by molar-refractivity contribution is 0.527. The van der Waals surface area contributed by atoms with Crippen LogP contribution in [0.5, 0.6) is 0 Å². The summed E-state index contributed by atoms with van der Waals surface area (Å²) in [5.74, 6) is 0. The van der Waals surface area contributed by atoms with Gasteiger partial charge in [0.15, 0.2) is 0 Å². The fourth-order valence-corrected chi connectivity index (χ4v) is 3.42. The molecule has 155 valence electrons.